The van der Waals surface area contributed by atoms with E-state index < -0.39 is 30.0 Å². The van der Waals surface area contributed by atoms with E-state index in [0.29, 0.717) is 16.8 Å². The number of rotatable bonds is 9. The van der Waals surface area contributed by atoms with Gasteiger partial charge in [-0.3, -0.25) is 9.59 Å². The number of H-pyrrole nitrogens is 1. The van der Waals surface area contributed by atoms with Gasteiger partial charge in [-0.25, -0.2) is 9.78 Å². The van der Waals surface area contributed by atoms with Gasteiger partial charge in [-0.05, 0) is 12.5 Å². The lowest BCUT2D eigenvalue weighted by atomic mass is 9.94. The molecule has 9 nitrogen and oxygen atoms in total. The number of carboxylic acid groups (broad SMARTS) is 1. The number of carbonyl (C=O) groups is 3. The fourth-order valence-corrected chi connectivity index (χ4v) is 2.91. The number of ketones is 1. The van der Waals surface area contributed by atoms with Crippen molar-refractivity contribution in [3.63, 3.8) is 0 Å². The lowest BCUT2D eigenvalue weighted by Gasteiger charge is -2.28. The summed E-state index contributed by atoms with van der Waals surface area (Å²) in [5.74, 6) is -2.00. The third-order valence-electron chi connectivity index (χ3n) is 4.51. The highest BCUT2D eigenvalue weighted by atomic mass is 16.4. The number of benzene rings is 1. The lowest BCUT2D eigenvalue weighted by molar-refractivity contribution is -0.149. The van der Waals surface area contributed by atoms with Gasteiger partial charge >= 0.3 is 5.97 Å². The van der Waals surface area contributed by atoms with E-state index in [2.05, 4.69) is 9.97 Å². The summed E-state index contributed by atoms with van der Waals surface area (Å²) in [5.41, 5.74) is 13.1. The van der Waals surface area contributed by atoms with Crippen molar-refractivity contribution in [3.05, 3.63) is 53.6 Å². The van der Waals surface area contributed by atoms with Crippen molar-refractivity contribution in [2.75, 3.05) is 7.05 Å². The average molecular weight is 387 g/mol. The van der Waals surface area contributed by atoms with Crippen LogP contribution in [0.4, 0.5) is 0 Å². The number of amides is 1. The number of aliphatic carboxylic acids is 1. The van der Waals surface area contributed by atoms with E-state index in [0.717, 1.165) is 4.90 Å². The van der Waals surface area contributed by atoms with Crippen molar-refractivity contribution >= 4 is 17.7 Å². The normalized spacial score (nSPS) is 14.1. The number of nitrogens with zero attached hydrogens (tertiary/aromatic N) is 2. The molecule has 1 amide bonds. The SMILES string of the molecule is CC(N)C(=O)c1ccccc1CC(C(=O)O)N(C)C(=O)C(N)Cc1c[nH]cn1. The molecule has 3 atom stereocenters. The summed E-state index contributed by atoms with van der Waals surface area (Å²) in [5, 5.41) is 9.67. The minimum Gasteiger partial charge on any atom is -0.480 e. The molecule has 0 bridgehead atoms. The van der Waals surface area contributed by atoms with Gasteiger partial charge in [0.1, 0.15) is 6.04 Å². The molecule has 0 radical (unpaired) electrons. The summed E-state index contributed by atoms with van der Waals surface area (Å²) in [4.78, 5) is 44.7. The highest BCUT2D eigenvalue weighted by Gasteiger charge is 2.31. The minimum absolute atomic E-state index is 0.0403. The zero-order chi connectivity index (χ0) is 20.8. The summed E-state index contributed by atoms with van der Waals surface area (Å²) < 4.78 is 0. The Morgan fingerprint density at radius 2 is 1.89 bits per heavy atom. The third-order valence-corrected chi connectivity index (χ3v) is 4.51. The second-order valence-electron chi connectivity index (χ2n) is 6.69. The monoisotopic (exact) mass is 387 g/mol. The van der Waals surface area contributed by atoms with Gasteiger partial charge < -0.3 is 26.5 Å². The van der Waals surface area contributed by atoms with Crippen LogP contribution in [0, 0.1) is 0 Å². The molecule has 0 fully saturated rings. The first kappa shape index (κ1) is 21.3. The van der Waals surface area contributed by atoms with Gasteiger partial charge in [-0.1, -0.05) is 24.3 Å². The van der Waals surface area contributed by atoms with Crippen LogP contribution >= 0.6 is 0 Å². The second kappa shape index (κ2) is 9.25. The molecule has 0 aliphatic heterocycles. The molecule has 0 aliphatic rings. The Bertz CT molecular complexity index is 835. The summed E-state index contributed by atoms with van der Waals surface area (Å²) in [7, 11) is 1.39. The van der Waals surface area contributed by atoms with E-state index in [9.17, 15) is 19.5 Å². The quantitative estimate of drug-likeness (QED) is 0.440. The summed E-state index contributed by atoms with van der Waals surface area (Å²) in [6, 6.07) is 3.82. The maximum absolute atomic E-state index is 12.6. The Morgan fingerprint density at radius 3 is 2.46 bits per heavy atom. The number of nitrogens with one attached hydrogen (secondary N) is 1. The number of Topliss-reactive ketones (excluding diaryl/α,β-unsaturated/α-hetero) is 1. The third kappa shape index (κ3) is 5.02. The number of hydrogen-bond acceptors (Lipinski definition) is 6. The van der Waals surface area contributed by atoms with Crippen molar-refractivity contribution in [2.24, 2.45) is 11.5 Å². The maximum atomic E-state index is 12.6. The van der Waals surface area contributed by atoms with E-state index >= 15 is 0 Å². The molecule has 0 spiro atoms. The van der Waals surface area contributed by atoms with Crippen LogP contribution in [0.3, 0.4) is 0 Å². The molecule has 6 N–H and O–H groups in total. The van der Waals surface area contributed by atoms with Crippen LogP contribution < -0.4 is 11.5 Å². The van der Waals surface area contributed by atoms with Gasteiger partial charge in [0.2, 0.25) is 5.91 Å². The largest absolute Gasteiger partial charge is 0.480 e. The van der Waals surface area contributed by atoms with Crippen LogP contribution in [0.1, 0.15) is 28.5 Å². The zero-order valence-corrected chi connectivity index (χ0v) is 15.8. The molecule has 0 saturated carbocycles. The number of hydrogen-bond donors (Lipinski definition) is 4. The Hall–Kier alpha value is -3.04. The summed E-state index contributed by atoms with van der Waals surface area (Å²) >= 11 is 0. The first-order chi connectivity index (χ1) is 13.2. The van der Waals surface area contributed by atoms with Crippen molar-refractivity contribution in [1.29, 1.82) is 0 Å². The zero-order valence-electron chi connectivity index (χ0n) is 15.8. The molecule has 1 heterocycles. The molecule has 28 heavy (non-hydrogen) atoms. The van der Waals surface area contributed by atoms with Crippen molar-refractivity contribution < 1.29 is 19.5 Å². The molecule has 150 valence electrons. The Balaban J connectivity index is 2.20. The Labute approximate surface area is 162 Å². The van der Waals surface area contributed by atoms with E-state index in [1.807, 2.05) is 0 Å². The topological polar surface area (TPSA) is 155 Å². The molecule has 2 aromatic rings. The highest BCUT2D eigenvalue weighted by molar-refractivity contribution is 6.01. The van der Waals surface area contributed by atoms with E-state index in [1.54, 1.807) is 37.4 Å². The number of imidazole rings is 1. The molecule has 1 aromatic heterocycles. The smallest absolute Gasteiger partial charge is 0.326 e. The first-order valence-electron chi connectivity index (χ1n) is 8.82. The van der Waals surface area contributed by atoms with Crippen molar-refractivity contribution in [3.8, 4) is 0 Å². The fourth-order valence-electron chi connectivity index (χ4n) is 2.91. The van der Waals surface area contributed by atoms with Crippen LogP contribution in [-0.4, -0.2) is 62.8 Å². The molecular weight excluding hydrogens is 362 g/mol. The number of likely N-dealkylation sites (N-methyl/N-ethyl adjacent to an activating group) is 1. The molecule has 2 rings (SSSR count). The Morgan fingerprint density at radius 1 is 1.21 bits per heavy atom. The highest BCUT2D eigenvalue weighted by Crippen LogP contribution is 2.16. The predicted octanol–water partition coefficient (Wildman–Crippen LogP) is -0.0363. The second-order valence-corrected chi connectivity index (χ2v) is 6.69. The van der Waals surface area contributed by atoms with Crippen molar-refractivity contribution in [2.45, 2.75) is 37.9 Å². The minimum atomic E-state index is -1.19. The van der Waals surface area contributed by atoms with Crippen LogP contribution in [0.2, 0.25) is 0 Å². The van der Waals surface area contributed by atoms with Gasteiger partial charge in [-0.15, -0.1) is 0 Å². The fraction of sp³-hybridized carbons (Fsp3) is 0.368. The van der Waals surface area contributed by atoms with Crippen LogP contribution in [0.5, 0.6) is 0 Å². The molecule has 9 heteroatoms. The number of aromatic amines is 1. The van der Waals surface area contributed by atoms with E-state index in [4.69, 9.17) is 11.5 Å². The first-order valence-corrected chi connectivity index (χ1v) is 8.82. The number of nitrogens with two attached hydrogens (primary N) is 2. The number of carbonyl (C=O) groups excluding carboxylic acids is 2. The van der Waals surface area contributed by atoms with Crippen LogP contribution in [0.15, 0.2) is 36.8 Å². The molecule has 3 unspecified atom stereocenters. The predicted molar refractivity (Wildman–Crippen MR) is 103 cm³/mol. The number of carboxylic acids is 1. The Kier molecular flexibility index (Phi) is 7.02. The molecule has 0 saturated heterocycles. The number of aromatic nitrogens is 2. The van der Waals surface area contributed by atoms with E-state index in [1.165, 1.54) is 13.4 Å². The lowest BCUT2D eigenvalue weighted by Crippen LogP contribution is -2.51. The molecule has 1 aromatic carbocycles. The van der Waals surface area contributed by atoms with Crippen molar-refractivity contribution in [1.82, 2.24) is 14.9 Å². The summed E-state index contributed by atoms with van der Waals surface area (Å²) in [6.07, 6.45) is 3.24. The van der Waals surface area contributed by atoms with Gasteiger partial charge in [0.25, 0.3) is 0 Å². The van der Waals surface area contributed by atoms with Gasteiger partial charge in [0.05, 0.1) is 24.1 Å². The standard InChI is InChI=1S/C19H25N5O4/c1-11(20)17(25)14-6-4-3-5-12(14)7-16(19(27)28)24(2)18(26)15(21)8-13-9-22-10-23-13/h3-6,9-11,15-16H,7-8,20-21H2,1-2H3,(H,22,23)(H,27,28). The van der Waals surface area contributed by atoms with Gasteiger partial charge in [-0.2, -0.15) is 0 Å². The summed E-state index contributed by atoms with van der Waals surface area (Å²) in [6.45, 7) is 1.57. The molecular formula is C19H25N5O4. The molecule has 0 aliphatic carbocycles. The van der Waals surface area contributed by atoms with Gasteiger partial charge in [0, 0.05) is 31.6 Å². The maximum Gasteiger partial charge on any atom is 0.326 e. The van der Waals surface area contributed by atoms with Crippen LogP contribution in [0.25, 0.3) is 0 Å². The van der Waals surface area contributed by atoms with E-state index in [-0.39, 0.29) is 18.6 Å². The van der Waals surface area contributed by atoms with Gasteiger partial charge in [0.15, 0.2) is 5.78 Å². The van der Waals surface area contributed by atoms with Crippen LogP contribution in [-0.2, 0) is 22.4 Å². The average Bonchev–Trinajstić information content (AvgIpc) is 3.17.